The molecule has 0 aliphatic carbocycles. The summed E-state index contributed by atoms with van der Waals surface area (Å²) in [7, 11) is 1.61. The zero-order chi connectivity index (χ0) is 18.2. The minimum atomic E-state index is -4.73. The number of aromatic nitrogens is 2. The van der Waals surface area contributed by atoms with Gasteiger partial charge in [-0.3, -0.25) is 4.79 Å². The van der Waals surface area contributed by atoms with Crippen LogP contribution in [0.3, 0.4) is 0 Å². The van der Waals surface area contributed by atoms with Gasteiger partial charge in [-0.05, 0) is 36.4 Å². The third-order valence-electron chi connectivity index (χ3n) is 3.40. The highest BCUT2D eigenvalue weighted by Gasteiger charge is 2.30. The van der Waals surface area contributed by atoms with E-state index in [9.17, 15) is 18.0 Å². The number of anilines is 2. The van der Waals surface area contributed by atoms with E-state index in [1.54, 1.807) is 19.2 Å². The maximum absolute atomic E-state index is 12.2. The van der Waals surface area contributed by atoms with Crippen LogP contribution in [-0.4, -0.2) is 15.9 Å². The molecule has 1 N–H and O–H groups in total. The summed E-state index contributed by atoms with van der Waals surface area (Å²) < 4.78 is 41.7. The van der Waals surface area contributed by atoms with E-state index >= 15 is 0 Å². The van der Waals surface area contributed by atoms with E-state index in [0.29, 0.717) is 22.5 Å². The summed E-state index contributed by atoms with van der Waals surface area (Å²) in [5.41, 5.74) is 1.27. The standard InChI is InChI=1S/C16H11ClF3N3O2/c1-23-12-6-7-13(22-15(12)11(17)8-14(23)24)21-9-2-4-10(5-3-9)25-16(18,19)20/h2-8H,1H3,(H,21,22). The first-order valence-corrected chi connectivity index (χ1v) is 7.40. The number of pyridine rings is 2. The van der Waals surface area contributed by atoms with Crippen LogP contribution < -0.4 is 15.6 Å². The molecule has 0 unspecified atom stereocenters. The Bertz CT molecular complexity index is 985. The zero-order valence-electron chi connectivity index (χ0n) is 12.8. The maximum atomic E-state index is 12.2. The number of hydrogen-bond acceptors (Lipinski definition) is 4. The van der Waals surface area contributed by atoms with Crippen molar-refractivity contribution in [3.8, 4) is 5.75 Å². The van der Waals surface area contributed by atoms with Crippen LogP contribution >= 0.6 is 11.6 Å². The van der Waals surface area contributed by atoms with Crippen LogP contribution in [0.4, 0.5) is 24.7 Å². The number of rotatable bonds is 3. The fourth-order valence-electron chi connectivity index (χ4n) is 2.25. The quantitative estimate of drug-likeness (QED) is 0.750. The zero-order valence-corrected chi connectivity index (χ0v) is 13.5. The molecule has 3 aromatic rings. The number of benzene rings is 1. The van der Waals surface area contributed by atoms with Gasteiger partial charge in [0.2, 0.25) is 0 Å². The fourth-order valence-corrected chi connectivity index (χ4v) is 2.48. The SMILES string of the molecule is Cn1c(=O)cc(Cl)c2nc(Nc3ccc(OC(F)(F)F)cc3)ccc21. The van der Waals surface area contributed by atoms with Gasteiger partial charge in [-0.1, -0.05) is 11.6 Å². The minimum Gasteiger partial charge on any atom is -0.406 e. The van der Waals surface area contributed by atoms with Gasteiger partial charge in [0.05, 0.1) is 10.5 Å². The maximum Gasteiger partial charge on any atom is 0.573 e. The van der Waals surface area contributed by atoms with Crippen LogP contribution in [0.15, 0.2) is 47.3 Å². The van der Waals surface area contributed by atoms with E-state index in [1.807, 2.05) is 0 Å². The molecule has 0 aliphatic heterocycles. The Balaban J connectivity index is 1.87. The van der Waals surface area contributed by atoms with Gasteiger partial charge in [0, 0.05) is 18.8 Å². The minimum absolute atomic E-state index is 0.218. The van der Waals surface area contributed by atoms with Crippen molar-refractivity contribution in [2.75, 3.05) is 5.32 Å². The molecule has 9 heteroatoms. The number of nitrogens with zero attached hydrogens (tertiary/aromatic N) is 2. The first kappa shape index (κ1) is 17.1. The highest BCUT2D eigenvalue weighted by molar-refractivity contribution is 6.34. The first-order valence-electron chi connectivity index (χ1n) is 7.02. The van der Waals surface area contributed by atoms with E-state index in [-0.39, 0.29) is 16.3 Å². The van der Waals surface area contributed by atoms with Crippen molar-refractivity contribution in [2.45, 2.75) is 6.36 Å². The summed E-state index contributed by atoms with van der Waals surface area (Å²) >= 11 is 6.06. The van der Waals surface area contributed by atoms with Crippen molar-refractivity contribution >= 4 is 34.1 Å². The van der Waals surface area contributed by atoms with Crippen LogP contribution in [0.2, 0.25) is 5.02 Å². The largest absolute Gasteiger partial charge is 0.573 e. The Kier molecular flexibility index (Phi) is 4.30. The Morgan fingerprint density at radius 1 is 1.16 bits per heavy atom. The highest BCUT2D eigenvalue weighted by atomic mass is 35.5. The number of alkyl halides is 3. The summed E-state index contributed by atoms with van der Waals surface area (Å²) in [5.74, 6) is 0.111. The monoisotopic (exact) mass is 369 g/mol. The average Bonchev–Trinajstić information content (AvgIpc) is 2.53. The number of hydrogen-bond donors (Lipinski definition) is 1. The summed E-state index contributed by atoms with van der Waals surface area (Å²) in [6, 6.07) is 9.81. The lowest BCUT2D eigenvalue weighted by Gasteiger charge is -2.11. The van der Waals surface area contributed by atoms with Gasteiger partial charge < -0.3 is 14.6 Å². The van der Waals surface area contributed by atoms with E-state index < -0.39 is 6.36 Å². The first-order chi connectivity index (χ1) is 11.7. The summed E-state index contributed by atoms with van der Waals surface area (Å²) in [6.45, 7) is 0. The van der Waals surface area contributed by atoms with Crippen LogP contribution in [0.1, 0.15) is 0 Å². The molecule has 2 aromatic heterocycles. The second-order valence-electron chi connectivity index (χ2n) is 5.15. The lowest BCUT2D eigenvalue weighted by atomic mass is 10.3. The summed E-state index contributed by atoms with van der Waals surface area (Å²) in [6.07, 6.45) is -4.73. The van der Waals surface area contributed by atoms with Crippen LogP contribution in [0, 0.1) is 0 Å². The molecule has 0 spiro atoms. The average molecular weight is 370 g/mol. The van der Waals surface area contributed by atoms with Crippen LogP contribution in [-0.2, 0) is 7.05 Å². The topological polar surface area (TPSA) is 56.2 Å². The normalized spacial score (nSPS) is 11.6. The molecule has 0 aliphatic rings. The summed E-state index contributed by atoms with van der Waals surface area (Å²) in [4.78, 5) is 16.0. The second kappa shape index (κ2) is 6.29. The molecule has 0 saturated carbocycles. The molecule has 130 valence electrons. The molecular formula is C16H11ClF3N3O2. The Labute approximate surface area is 144 Å². The third kappa shape index (κ3) is 3.85. The predicted octanol–water partition coefficient (Wildman–Crippen LogP) is 4.23. The van der Waals surface area contributed by atoms with Crippen molar-refractivity contribution in [3.63, 3.8) is 0 Å². The van der Waals surface area contributed by atoms with Crippen molar-refractivity contribution in [2.24, 2.45) is 7.05 Å². The molecule has 0 saturated heterocycles. The fraction of sp³-hybridized carbons (Fsp3) is 0.125. The Morgan fingerprint density at radius 3 is 2.48 bits per heavy atom. The van der Waals surface area contributed by atoms with Crippen molar-refractivity contribution in [3.05, 3.63) is 57.8 Å². The molecule has 3 rings (SSSR count). The number of fused-ring (bicyclic) bond motifs is 1. The number of ether oxygens (including phenoxy) is 1. The van der Waals surface area contributed by atoms with E-state index in [4.69, 9.17) is 11.6 Å². The van der Waals surface area contributed by atoms with E-state index in [1.165, 1.54) is 34.9 Å². The van der Waals surface area contributed by atoms with Crippen molar-refractivity contribution in [1.82, 2.24) is 9.55 Å². The smallest absolute Gasteiger partial charge is 0.406 e. The van der Waals surface area contributed by atoms with Gasteiger partial charge in [-0.25, -0.2) is 4.98 Å². The Hall–Kier alpha value is -2.74. The molecule has 5 nitrogen and oxygen atoms in total. The van der Waals surface area contributed by atoms with Gasteiger partial charge in [0.25, 0.3) is 5.56 Å². The lowest BCUT2D eigenvalue weighted by Crippen LogP contribution is -2.17. The predicted molar refractivity (Wildman–Crippen MR) is 88.4 cm³/mol. The van der Waals surface area contributed by atoms with E-state index in [2.05, 4.69) is 15.0 Å². The van der Waals surface area contributed by atoms with Gasteiger partial charge in [0.1, 0.15) is 17.1 Å². The van der Waals surface area contributed by atoms with Gasteiger partial charge >= 0.3 is 6.36 Å². The van der Waals surface area contributed by atoms with Crippen molar-refractivity contribution in [1.29, 1.82) is 0 Å². The van der Waals surface area contributed by atoms with Crippen LogP contribution in [0.5, 0.6) is 5.75 Å². The number of aryl methyl sites for hydroxylation is 1. The second-order valence-corrected chi connectivity index (χ2v) is 5.56. The summed E-state index contributed by atoms with van der Waals surface area (Å²) in [5, 5.41) is 3.17. The molecule has 0 atom stereocenters. The van der Waals surface area contributed by atoms with Crippen molar-refractivity contribution < 1.29 is 17.9 Å². The van der Waals surface area contributed by atoms with E-state index in [0.717, 1.165) is 0 Å². The van der Waals surface area contributed by atoms with Gasteiger partial charge in [0.15, 0.2) is 0 Å². The molecule has 0 amide bonds. The van der Waals surface area contributed by atoms with Crippen LogP contribution in [0.25, 0.3) is 11.0 Å². The highest BCUT2D eigenvalue weighted by Crippen LogP contribution is 2.26. The Morgan fingerprint density at radius 2 is 1.84 bits per heavy atom. The molecule has 25 heavy (non-hydrogen) atoms. The molecular weight excluding hydrogens is 359 g/mol. The lowest BCUT2D eigenvalue weighted by molar-refractivity contribution is -0.274. The molecule has 2 heterocycles. The number of nitrogens with one attached hydrogen (secondary N) is 1. The number of halogens is 4. The molecule has 0 fully saturated rings. The third-order valence-corrected chi connectivity index (χ3v) is 3.69. The molecule has 1 aromatic carbocycles. The van der Waals surface area contributed by atoms with Gasteiger partial charge in [-0.2, -0.15) is 0 Å². The molecule has 0 bridgehead atoms. The van der Waals surface area contributed by atoms with Gasteiger partial charge in [-0.15, -0.1) is 13.2 Å². The molecule has 0 radical (unpaired) electrons.